The number of carbonyl (C=O) groups is 2. The Hall–Kier alpha value is -1.10. The average molecular weight is 296 g/mol. The van der Waals surface area contributed by atoms with Gasteiger partial charge in [0, 0.05) is 52.2 Å². The number of ether oxygens (including phenoxy) is 1. The summed E-state index contributed by atoms with van der Waals surface area (Å²) >= 11 is 0. The van der Waals surface area contributed by atoms with E-state index in [0.29, 0.717) is 25.4 Å². The van der Waals surface area contributed by atoms with E-state index in [0.717, 1.165) is 58.2 Å². The largest absolute Gasteiger partial charge is 0.385 e. The molecule has 21 heavy (non-hydrogen) atoms. The van der Waals surface area contributed by atoms with E-state index in [9.17, 15) is 9.59 Å². The highest BCUT2D eigenvalue weighted by atomic mass is 16.5. The topological polar surface area (TPSA) is 49.9 Å². The lowest BCUT2D eigenvalue weighted by Crippen LogP contribution is -2.37. The standard InChI is InChI=1S/C16H28N2O3/c1-21-13-4-2-3-6-15(19)17-9-5-10-18(12-11-17)16(20)14-7-8-14/h14H,2-13H2,1H3. The Balaban J connectivity index is 1.66. The van der Waals surface area contributed by atoms with Crippen LogP contribution in [0.1, 0.15) is 44.9 Å². The molecule has 2 aliphatic rings. The third-order valence-corrected chi connectivity index (χ3v) is 4.33. The van der Waals surface area contributed by atoms with Crippen LogP contribution in [-0.4, -0.2) is 61.5 Å². The summed E-state index contributed by atoms with van der Waals surface area (Å²) in [5.41, 5.74) is 0. The highest BCUT2D eigenvalue weighted by Gasteiger charge is 2.34. The van der Waals surface area contributed by atoms with Gasteiger partial charge in [0.25, 0.3) is 0 Å². The molecule has 5 nitrogen and oxygen atoms in total. The molecule has 2 fully saturated rings. The van der Waals surface area contributed by atoms with Crippen LogP contribution in [-0.2, 0) is 14.3 Å². The van der Waals surface area contributed by atoms with Crippen molar-refractivity contribution in [1.82, 2.24) is 9.80 Å². The molecule has 0 radical (unpaired) electrons. The van der Waals surface area contributed by atoms with Gasteiger partial charge in [-0.25, -0.2) is 0 Å². The summed E-state index contributed by atoms with van der Waals surface area (Å²) in [7, 11) is 1.71. The first-order valence-electron chi connectivity index (χ1n) is 8.28. The second-order valence-corrected chi connectivity index (χ2v) is 6.14. The summed E-state index contributed by atoms with van der Waals surface area (Å²) in [6.45, 7) is 3.80. The van der Waals surface area contributed by atoms with E-state index in [1.807, 2.05) is 9.80 Å². The van der Waals surface area contributed by atoms with E-state index < -0.39 is 0 Å². The summed E-state index contributed by atoms with van der Waals surface area (Å²) in [4.78, 5) is 28.2. The highest BCUT2D eigenvalue weighted by molar-refractivity contribution is 5.81. The van der Waals surface area contributed by atoms with Gasteiger partial charge in [-0.15, -0.1) is 0 Å². The zero-order valence-corrected chi connectivity index (χ0v) is 13.2. The van der Waals surface area contributed by atoms with Crippen LogP contribution in [0.4, 0.5) is 0 Å². The lowest BCUT2D eigenvalue weighted by molar-refractivity contribution is -0.134. The third-order valence-electron chi connectivity index (χ3n) is 4.33. The summed E-state index contributed by atoms with van der Waals surface area (Å²) in [5, 5.41) is 0. The van der Waals surface area contributed by atoms with E-state index >= 15 is 0 Å². The Morgan fingerprint density at radius 2 is 1.71 bits per heavy atom. The summed E-state index contributed by atoms with van der Waals surface area (Å²) < 4.78 is 5.01. The second kappa shape index (κ2) is 8.37. The van der Waals surface area contributed by atoms with E-state index in [1.165, 1.54) is 0 Å². The van der Waals surface area contributed by atoms with Crippen LogP contribution >= 0.6 is 0 Å². The molecule has 1 aliphatic carbocycles. The van der Waals surface area contributed by atoms with Gasteiger partial charge in [0.2, 0.25) is 11.8 Å². The van der Waals surface area contributed by atoms with Gasteiger partial charge in [-0.2, -0.15) is 0 Å². The van der Waals surface area contributed by atoms with Gasteiger partial charge in [-0.05, 0) is 32.1 Å². The van der Waals surface area contributed by atoms with Crippen molar-refractivity contribution < 1.29 is 14.3 Å². The van der Waals surface area contributed by atoms with Crippen LogP contribution in [0.3, 0.4) is 0 Å². The molecule has 0 N–H and O–H groups in total. The molecule has 1 heterocycles. The molecule has 2 rings (SSSR count). The van der Waals surface area contributed by atoms with Crippen molar-refractivity contribution in [2.24, 2.45) is 5.92 Å². The second-order valence-electron chi connectivity index (χ2n) is 6.14. The Morgan fingerprint density at radius 1 is 1.00 bits per heavy atom. The van der Waals surface area contributed by atoms with Crippen LogP contribution < -0.4 is 0 Å². The first kappa shape index (κ1) is 16.3. The minimum atomic E-state index is 0.244. The average Bonchev–Trinajstić information content (AvgIpc) is 3.32. The van der Waals surface area contributed by atoms with E-state index in [1.54, 1.807) is 7.11 Å². The Labute approximate surface area is 127 Å². The molecule has 120 valence electrons. The summed E-state index contributed by atoms with van der Waals surface area (Å²) in [5.74, 6) is 0.838. The molecular formula is C16H28N2O3. The van der Waals surface area contributed by atoms with Crippen molar-refractivity contribution >= 4 is 11.8 Å². The molecule has 0 unspecified atom stereocenters. The SMILES string of the molecule is COCCCCCC(=O)N1CCCN(C(=O)C2CC2)CC1. The van der Waals surface area contributed by atoms with Crippen molar-refractivity contribution in [3.63, 3.8) is 0 Å². The molecule has 0 atom stereocenters. The fourth-order valence-corrected chi connectivity index (χ4v) is 2.83. The van der Waals surface area contributed by atoms with Gasteiger partial charge in [0.15, 0.2) is 0 Å². The van der Waals surface area contributed by atoms with Gasteiger partial charge in [-0.3, -0.25) is 9.59 Å². The number of carbonyl (C=O) groups excluding carboxylic acids is 2. The molecule has 0 aromatic carbocycles. The maximum absolute atomic E-state index is 12.2. The van der Waals surface area contributed by atoms with Crippen LogP contribution in [0, 0.1) is 5.92 Å². The Bertz CT molecular complexity index is 355. The van der Waals surface area contributed by atoms with E-state index in [4.69, 9.17) is 4.74 Å². The molecule has 0 bridgehead atoms. The third kappa shape index (κ3) is 5.30. The molecule has 0 aromatic rings. The van der Waals surface area contributed by atoms with Crippen molar-refractivity contribution in [3.8, 4) is 0 Å². The number of hydrogen-bond donors (Lipinski definition) is 0. The molecule has 5 heteroatoms. The minimum absolute atomic E-state index is 0.244. The van der Waals surface area contributed by atoms with Gasteiger partial charge in [-0.1, -0.05) is 6.42 Å². The zero-order chi connectivity index (χ0) is 15.1. The number of unbranched alkanes of at least 4 members (excludes halogenated alkanes) is 2. The van der Waals surface area contributed by atoms with E-state index in [2.05, 4.69) is 0 Å². The highest BCUT2D eigenvalue weighted by Crippen LogP contribution is 2.31. The first-order chi connectivity index (χ1) is 10.2. The molecule has 0 spiro atoms. The smallest absolute Gasteiger partial charge is 0.225 e. The Kier molecular flexibility index (Phi) is 6.49. The number of amides is 2. The molecule has 1 saturated heterocycles. The van der Waals surface area contributed by atoms with Crippen molar-refractivity contribution in [1.29, 1.82) is 0 Å². The molecule has 1 saturated carbocycles. The summed E-state index contributed by atoms with van der Waals surface area (Å²) in [6.07, 6.45) is 6.64. The lowest BCUT2D eigenvalue weighted by atomic mass is 10.2. The van der Waals surface area contributed by atoms with Crippen LogP contribution in [0.25, 0.3) is 0 Å². The van der Waals surface area contributed by atoms with Crippen molar-refractivity contribution in [2.75, 3.05) is 39.9 Å². The van der Waals surface area contributed by atoms with Crippen LogP contribution in [0.5, 0.6) is 0 Å². The molecule has 1 aliphatic heterocycles. The number of rotatable bonds is 7. The number of nitrogens with zero attached hydrogens (tertiary/aromatic N) is 2. The quantitative estimate of drug-likeness (QED) is 0.671. The number of methoxy groups -OCH3 is 1. The van der Waals surface area contributed by atoms with Crippen LogP contribution in [0.15, 0.2) is 0 Å². The van der Waals surface area contributed by atoms with E-state index in [-0.39, 0.29) is 11.8 Å². The predicted molar refractivity (Wildman–Crippen MR) is 80.8 cm³/mol. The first-order valence-corrected chi connectivity index (χ1v) is 8.28. The normalized spacial score (nSPS) is 19.5. The minimum Gasteiger partial charge on any atom is -0.385 e. The molecular weight excluding hydrogens is 268 g/mol. The van der Waals surface area contributed by atoms with Gasteiger partial charge >= 0.3 is 0 Å². The fraction of sp³-hybridized carbons (Fsp3) is 0.875. The summed E-state index contributed by atoms with van der Waals surface area (Å²) in [6, 6.07) is 0. The van der Waals surface area contributed by atoms with Crippen molar-refractivity contribution in [3.05, 3.63) is 0 Å². The Morgan fingerprint density at radius 3 is 2.43 bits per heavy atom. The van der Waals surface area contributed by atoms with Gasteiger partial charge in [0.1, 0.15) is 0 Å². The maximum Gasteiger partial charge on any atom is 0.225 e. The van der Waals surface area contributed by atoms with Crippen molar-refractivity contribution in [2.45, 2.75) is 44.9 Å². The fourth-order valence-electron chi connectivity index (χ4n) is 2.83. The predicted octanol–water partition coefficient (Wildman–Crippen LogP) is 1.66. The maximum atomic E-state index is 12.2. The van der Waals surface area contributed by atoms with Gasteiger partial charge < -0.3 is 14.5 Å². The molecule has 2 amide bonds. The number of hydrogen-bond acceptors (Lipinski definition) is 3. The van der Waals surface area contributed by atoms with Gasteiger partial charge in [0.05, 0.1) is 0 Å². The lowest BCUT2D eigenvalue weighted by Gasteiger charge is -2.22. The monoisotopic (exact) mass is 296 g/mol. The molecule has 0 aromatic heterocycles. The zero-order valence-electron chi connectivity index (χ0n) is 13.2. The van der Waals surface area contributed by atoms with Crippen LogP contribution in [0.2, 0.25) is 0 Å².